The number of hydrogen-bond acceptors (Lipinski definition) is 3. The number of nitrogens with one attached hydrogen (secondary N) is 1. The van der Waals surface area contributed by atoms with Crippen LogP contribution in [-0.4, -0.2) is 39.6 Å². The number of carbonyl (C=O) groups is 2. The van der Waals surface area contributed by atoms with Crippen LogP contribution in [0.1, 0.15) is 49.5 Å². The summed E-state index contributed by atoms with van der Waals surface area (Å²) in [5.74, 6) is -1.76. The summed E-state index contributed by atoms with van der Waals surface area (Å²) in [7, 11) is 0. The minimum absolute atomic E-state index is 0.106. The number of rotatable bonds is 5. The predicted molar refractivity (Wildman–Crippen MR) is 101 cm³/mol. The number of amides is 2. The lowest BCUT2D eigenvalue weighted by Crippen LogP contribution is -2.41. The van der Waals surface area contributed by atoms with Gasteiger partial charge in [-0.1, -0.05) is 6.92 Å². The molecule has 2 amide bonds. The van der Waals surface area contributed by atoms with Crippen LogP contribution in [0.5, 0.6) is 0 Å². The van der Waals surface area contributed by atoms with Gasteiger partial charge in [0.05, 0.1) is 17.8 Å². The van der Waals surface area contributed by atoms with Crippen molar-refractivity contribution in [3.63, 3.8) is 0 Å². The Morgan fingerprint density at radius 2 is 1.96 bits per heavy atom. The Balaban J connectivity index is 1.58. The van der Waals surface area contributed by atoms with Crippen molar-refractivity contribution in [3.05, 3.63) is 47.7 Å². The third-order valence-corrected chi connectivity index (χ3v) is 5.24. The summed E-state index contributed by atoms with van der Waals surface area (Å²) in [6.45, 7) is 4.77. The van der Waals surface area contributed by atoms with E-state index in [1.807, 2.05) is 6.92 Å². The van der Waals surface area contributed by atoms with Crippen molar-refractivity contribution in [1.82, 2.24) is 14.7 Å². The third-order valence-electron chi connectivity index (χ3n) is 5.24. The normalized spacial score (nSPS) is 16.1. The van der Waals surface area contributed by atoms with Gasteiger partial charge < -0.3 is 10.2 Å². The predicted octanol–water partition coefficient (Wildman–Crippen LogP) is 3.62. The van der Waals surface area contributed by atoms with E-state index in [2.05, 4.69) is 17.3 Å². The van der Waals surface area contributed by atoms with Gasteiger partial charge in [-0.3, -0.25) is 9.59 Å². The molecule has 150 valence electrons. The summed E-state index contributed by atoms with van der Waals surface area (Å²) in [6.07, 6.45) is 3.51. The Morgan fingerprint density at radius 3 is 2.61 bits per heavy atom. The molecule has 28 heavy (non-hydrogen) atoms. The molecule has 0 radical (unpaired) electrons. The van der Waals surface area contributed by atoms with E-state index >= 15 is 0 Å². The third kappa shape index (κ3) is 4.21. The van der Waals surface area contributed by atoms with Crippen molar-refractivity contribution in [1.29, 1.82) is 0 Å². The summed E-state index contributed by atoms with van der Waals surface area (Å²) in [5.41, 5.74) is -0.151. The highest BCUT2D eigenvalue weighted by atomic mass is 19.1. The summed E-state index contributed by atoms with van der Waals surface area (Å²) >= 11 is 0. The summed E-state index contributed by atoms with van der Waals surface area (Å²) in [6, 6.07) is 4.86. The maximum atomic E-state index is 13.8. The smallest absolute Gasteiger partial charge is 0.256 e. The molecule has 8 heteroatoms. The van der Waals surface area contributed by atoms with Gasteiger partial charge in [0.2, 0.25) is 5.91 Å². The van der Waals surface area contributed by atoms with Crippen LogP contribution in [0, 0.1) is 17.6 Å². The van der Waals surface area contributed by atoms with Crippen molar-refractivity contribution in [3.8, 4) is 0 Å². The number of nitrogens with zero attached hydrogens (tertiary/aromatic N) is 3. The molecule has 6 nitrogen and oxygen atoms in total. The summed E-state index contributed by atoms with van der Waals surface area (Å²) < 4.78 is 28.7. The second-order valence-corrected chi connectivity index (χ2v) is 7.10. The number of likely N-dealkylation sites (tertiary alicyclic amines) is 1. The van der Waals surface area contributed by atoms with Crippen molar-refractivity contribution in [2.45, 2.75) is 39.2 Å². The highest BCUT2D eigenvalue weighted by molar-refractivity contribution is 5.95. The van der Waals surface area contributed by atoms with E-state index < -0.39 is 17.5 Å². The highest BCUT2D eigenvalue weighted by Crippen LogP contribution is 2.23. The molecular formula is C20H24F2N4O2. The molecule has 1 aromatic heterocycles. The lowest BCUT2D eigenvalue weighted by molar-refractivity contribution is -0.121. The second-order valence-electron chi connectivity index (χ2n) is 7.10. The fourth-order valence-corrected chi connectivity index (χ4v) is 3.34. The number of anilines is 1. The zero-order chi connectivity index (χ0) is 20.3. The molecule has 0 saturated carbocycles. The Bertz CT molecular complexity index is 860. The first-order chi connectivity index (χ1) is 13.4. The maximum absolute atomic E-state index is 13.8. The van der Waals surface area contributed by atoms with Gasteiger partial charge in [0, 0.05) is 31.1 Å². The van der Waals surface area contributed by atoms with Crippen LogP contribution in [0.25, 0.3) is 0 Å². The quantitative estimate of drug-likeness (QED) is 0.848. The fourth-order valence-electron chi connectivity index (χ4n) is 3.34. The zero-order valence-corrected chi connectivity index (χ0v) is 16.0. The van der Waals surface area contributed by atoms with Gasteiger partial charge in [-0.15, -0.1) is 0 Å². The first-order valence-corrected chi connectivity index (χ1v) is 9.49. The van der Waals surface area contributed by atoms with E-state index in [0.717, 1.165) is 18.6 Å². The van der Waals surface area contributed by atoms with E-state index in [4.69, 9.17) is 0 Å². The minimum Gasteiger partial charge on any atom is -0.339 e. The molecule has 1 aromatic carbocycles. The molecule has 1 atom stereocenters. The Hall–Kier alpha value is -2.77. The number of aromatic nitrogens is 2. The molecule has 1 aliphatic heterocycles. The Morgan fingerprint density at radius 1 is 1.25 bits per heavy atom. The minimum atomic E-state index is -0.872. The van der Waals surface area contributed by atoms with Gasteiger partial charge in [-0.25, -0.2) is 13.5 Å². The largest absolute Gasteiger partial charge is 0.339 e. The van der Waals surface area contributed by atoms with Crippen LogP contribution >= 0.6 is 0 Å². The standard InChI is InChI=1S/C20H24F2N4O2/c1-3-13(2)26-18(6-9-23-26)24-19(27)14-7-10-25(11-8-14)20(28)16-5-4-15(21)12-17(16)22/h4-6,9,12-14H,3,7-8,10-11H2,1-2H3,(H,24,27). The van der Waals surface area contributed by atoms with Crippen LogP contribution in [0.3, 0.4) is 0 Å². The monoisotopic (exact) mass is 390 g/mol. The van der Waals surface area contributed by atoms with Crippen molar-refractivity contribution in [2.24, 2.45) is 5.92 Å². The average molecular weight is 390 g/mol. The number of benzene rings is 1. The van der Waals surface area contributed by atoms with Crippen LogP contribution in [-0.2, 0) is 4.79 Å². The number of hydrogen-bond donors (Lipinski definition) is 1. The van der Waals surface area contributed by atoms with Crippen LogP contribution in [0.4, 0.5) is 14.6 Å². The van der Waals surface area contributed by atoms with E-state index in [1.165, 1.54) is 4.90 Å². The summed E-state index contributed by atoms with van der Waals surface area (Å²) in [4.78, 5) is 26.6. The topological polar surface area (TPSA) is 67.2 Å². The SMILES string of the molecule is CCC(C)n1nccc1NC(=O)C1CCN(C(=O)c2ccc(F)cc2F)CC1. The number of carbonyl (C=O) groups excluding carboxylic acids is 2. The molecule has 1 aliphatic rings. The van der Waals surface area contributed by atoms with E-state index in [1.54, 1.807) is 16.9 Å². The van der Waals surface area contributed by atoms with Crippen molar-refractivity contribution in [2.75, 3.05) is 18.4 Å². The number of piperidine rings is 1. The van der Waals surface area contributed by atoms with Gasteiger partial charge in [0.25, 0.3) is 5.91 Å². The van der Waals surface area contributed by atoms with Crippen molar-refractivity contribution >= 4 is 17.6 Å². The molecule has 0 bridgehead atoms. The van der Waals surface area contributed by atoms with Crippen LogP contribution < -0.4 is 5.32 Å². The molecule has 0 spiro atoms. The first kappa shape index (κ1) is 20.0. The van der Waals surface area contributed by atoms with E-state index in [-0.39, 0.29) is 23.4 Å². The highest BCUT2D eigenvalue weighted by Gasteiger charge is 2.29. The Labute approximate surface area is 162 Å². The van der Waals surface area contributed by atoms with Crippen LogP contribution in [0.2, 0.25) is 0 Å². The molecule has 0 aliphatic carbocycles. The van der Waals surface area contributed by atoms with Crippen molar-refractivity contribution < 1.29 is 18.4 Å². The molecule has 1 N–H and O–H groups in total. The summed E-state index contributed by atoms with van der Waals surface area (Å²) in [5, 5.41) is 7.18. The Kier molecular flexibility index (Phi) is 6.06. The fraction of sp³-hybridized carbons (Fsp3) is 0.450. The lowest BCUT2D eigenvalue weighted by Gasteiger charge is -2.31. The molecule has 3 rings (SSSR count). The molecule has 1 unspecified atom stereocenters. The molecule has 2 aromatic rings. The second kappa shape index (κ2) is 8.50. The first-order valence-electron chi connectivity index (χ1n) is 9.49. The zero-order valence-electron chi connectivity index (χ0n) is 16.0. The van der Waals surface area contributed by atoms with Gasteiger partial charge in [-0.2, -0.15) is 5.10 Å². The van der Waals surface area contributed by atoms with Gasteiger partial charge in [-0.05, 0) is 38.3 Å². The van der Waals surface area contributed by atoms with Gasteiger partial charge in [0.15, 0.2) is 0 Å². The number of halogens is 2. The van der Waals surface area contributed by atoms with Crippen LogP contribution in [0.15, 0.2) is 30.5 Å². The molecule has 1 fully saturated rings. The van der Waals surface area contributed by atoms with Gasteiger partial charge >= 0.3 is 0 Å². The molecule has 1 saturated heterocycles. The molecular weight excluding hydrogens is 366 g/mol. The van der Waals surface area contributed by atoms with E-state index in [0.29, 0.717) is 37.8 Å². The van der Waals surface area contributed by atoms with E-state index in [9.17, 15) is 18.4 Å². The van der Waals surface area contributed by atoms with Gasteiger partial charge in [0.1, 0.15) is 17.5 Å². The molecule has 2 heterocycles. The maximum Gasteiger partial charge on any atom is 0.256 e. The lowest BCUT2D eigenvalue weighted by atomic mass is 9.95. The average Bonchev–Trinajstić information content (AvgIpc) is 3.15.